The van der Waals surface area contributed by atoms with Gasteiger partial charge in [0.25, 0.3) is 0 Å². The third kappa shape index (κ3) is 4.11. The van der Waals surface area contributed by atoms with Crippen molar-refractivity contribution in [2.75, 3.05) is 26.2 Å². The molecule has 0 aliphatic carbocycles. The third-order valence-electron chi connectivity index (χ3n) is 3.91. The molecule has 1 aliphatic heterocycles. The second kappa shape index (κ2) is 6.91. The van der Waals surface area contributed by atoms with Crippen LogP contribution < -0.4 is 5.32 Å². The van der Waals surface area contributed by atoms with E-state index >= 15 is 0 Å². The van der Waals surface area contributed by atoms with Gasteiger partial charge in [0.1, 0.15) is 0 Å². The largest absolute Gasteiger partial charge is 0.316 e. The van der Waals surface area contributed by atoms with E-state index < -0.39 is 0 Å². The quantitative estimate of drug-likeness (QED) is 0.776. The Bertz CT molecular complexity index is 334. The molecule has 0 amide bonds. The number of nitrogens with one attached hydrogen (secondary N) is 1. The third-order valence-corrected chi connectivity index (χ3v) is 3.91. The highest BCUT2D eigenvalue weighted by molar-refractivity contribution is 5.14. The van der Waals surface area contributed by atoms with E-state index in [-0.39, 0.29) is 0 Å². The van der Waals surface area contributed by atoms with E-state index in [1.807, 2.05) is 0 Å². The van der Waals surface area contributed by atoms with Gasteiger partial charge >= 0.3 is 0 Å². The first-order chi connectivity index (χ1) is 8.75. The number of benzene rings is 1. The summed E-state index contributed by atoms with van der Waals surface area (Å²) in [6, 6.07) is 11.4. The standard InChI is InChI=1S/C16H26N2/c1-14(2)18-11-9-16(13-18)12-17-10-8-15-6-4-3-5-7-15/h3-7,14,16-17H,8-13H2,1-2H3. The van der Waals surface area contributed by atoms with Gasteiger partial charge in [-0.15, -0.1) is 0 Å². The molecule has 1 N–H and O–H groups in total. The Labute approximate surface area is 111 Å². The number of hydrogen-bond acceptors (Lipinski definition) is 2. The predicted octanol–water partition coefficient (Wildman–Crippen LogP) is 2.55. The van der Waals surface area contributed by atoms with Crippen molar-refractivity contribution in [3.63, 3.8) is 0 Å². The molecule has 2 rings (SSSR count). The van der Waals surface area contributed by atoms with Crippen molar-refractivity contribution in [1.29, 1.82) is 0 Å². The van der Waals surface area contributed by atoms with Crippen molar-refractivity contribution in [2.24, 2.45) is 5.92 Å². The van der Waals surface area contributed by atoms with Crippen LogP contribution in [0.2, 0.25) is 0 Å². The van der Waals surface area contributed by atoms with Crippen molar-refractivity contribution >= 4 is 0 Å². The van der Waals surface area contributed by atoms with Gasteiger partial charge in [-0.2, -0.15) is 0 Å². The van der Waals surface area contributed by atoms with Crippen LogP contribution in [0.4, 0.5) is 0 Å². The van der Waals surface area contributed by atoms with Gasteiger partial charge in [-0.1, -0.05) is 30.3 Å². The topological polar surface area (TPSA) is 15.3 Å². The highest BCUT2D eigenvalue weighted by Gasteiger charge is 2.23. The SMILES string of the molecule is CC(C)N1CCC(CNCCc2ccccc2)C1. The molecule has 18 heavy (non-hydrogen) atoms. The Balaban J connectivity index is 1.59. The molecule has 0 spiro atoms. The van der Waals surface area contributed by atoms with Crippen LogP contribution in [0.3, 0.4) is 0 Å². The lowest BCUT2D eigenvalue weighted by molar-refractivity contribution is 0.264. The summed E-state index contributed by atoms with van der Waals surface area (Å²) in [7, 11) is 0. The van der Waals surface area contributed by atoms with Crippen molar-refractivity contribution in [3.05, 3.63) is 35.9 Å². The van der Waals surface area contributed by atoms with Crippen LogP contribution in [0.1, 0.15) is 25.8 Å². The van der Waals surface area contributed by atoms with Gasteiger partial charge in [-0.25, -0.2) is 0 Å². The molecule has 0 aromatic heterocycles. The predicted molar refractivity (Wildman–Crippen MR) is 77.8 cm³/mol. The summed E-state index contributed by atoms with van der Waals surface area (Å²) in [5, 5.41) is 3.61. The van der Waals surface area contributed by atoms with Crippen LogP contribution in [-0.4, -0.2) is 37.1 Å². The Kier molecular flexibility index (Phi) is 5.21. The maximum atomic E-state index is 3.61. The molecular weight excluding hydrogens is 220 g/mol. The Morgan fingerprint density at radius 3 is 2.72 bits per heavy atom. The highest BCUT2D eigenvalue weighted by atomic mass is 15.2. The molecule has 100 valence electrons. The molecule has 1 unspecified atom stereocenters. The molecule has 2 nitrogen and oxygen atoms in total. The maximum Gasteiger partial charge on any atom is 0.00387 e. The Hall–Kier alpha value is -0.860. The van der Waals surface area contributed by atoms with Gasteiger partial charge < -0.3 is 10.2 Å². The summed E-state index contributed by atoms with van der Waals surface area (Å²) in [5.41, 5.74) is 1.43. The van der Waals surface area contributed by atoms with Crippen LogP contribution in [0.15, 0.2) is 30.3 Å². The summed E-state index contributed by atoms with van der Waals surface area (Å²) in [6.07, 6.45) is 2.50. The first-order valence-corrected chi connectivity index (χ1v) is 7.24. The number of nitrogens with zero attached hydrogens (tertiary/aromatic N) is 1. The van der Waals surface area contributed by atoms with Gasteiger partial charge in [0, 0.05) is 12.6 Å². The molecule has 1 aromatic carbocycles. The van der Waals surface area contributed by atoms with E-state index in [1.54, 1.807) is 0 Å². The number of likely N-dealkylation sites (tertiary alicyclic amines) is 1. The van der Waals surface area contributed by atoms with E-state index in [2.05, 4.69) is 54.4 Å². The van der Waals surface area contributed by atoms with Crippen molar-refractivity contribution < 1.29 is 0 Å². The fraction of sp³-hybridized carbons (Fsp3) is 0.625. The molecule has 1 atom stereocenters. The van der Waals surface area contributed by atoms with Crippen LogP contribution in [-0.2, 0) is 6.42 Å². The molecule has 1 aliphatic rings. The molecule has 1 aromatic rings. The lowest BCUT2D eigenvalue weighted by Gasteiger charge is -2.20. The van der Waals surface area contributed by atoms with Gasteiger partial charge in [-0.05, 0) is 57.8 Å². The zero-order valence-corrected chi connectivity index (χ0v) is 11.7. The van der Waals surface area contributed by atoms with Crippen molar-refractivity contribution in [2.45, 2.75) is 32.7 Å². The van der Waals surface area contributed by atoms with E-state index in [0.717, 1.165) is 18.9 Å². The first kappa shape index (κ1) is 13.6. The second-order valence-electron chi connectivity index (χ2n) is 5.68. The lowest BCUT2D eigenvalue weighted by atomic mass is 10.1. The smallest absolute Gasteiger partial charge is 0.00387 e. The maximum absolute atomic E-state index is 3.61. The number of hydrogen-bond donors (Lipinski definition) is 1. The Morgan fingerprint density at radius 2 is 2.06 bits per heavy atom. The molecule has 1 heterocycles. The van der Waals surface area contributed by atoms with Gasteiger partial charge in [0.15, 0.2) is 0 Å². The van der Waals surface area contributed by atoms with Gasteiger partial charge in [-0.3, -0.25) is 0 Å². The molecule has 0 bridgehead atoms. The molecule has 1 fully saturated rings. The van der Waals surface area contributed by atoms with Crippen molar-refractivity contribution in [3.8, 4) is 0 Å². The average molecular weight is 246 g/mol. The fourth-order valence-corrected chi connectivity index (χ4v) is 2.68. The van der Waals surface area contributed by atoms with E-state index in [0.29, 0.717) is 6.04 Å². The highest BCUT2D eigenvalue weighted by Crippen LogP contribution is 2.17. The first-order valence-electron chi connectivity index (χ1n) is 7.24. The van der Waals surface area contributed by atoms with Crippen LogP contribution in [0.5, 0.6) is 0 Å². The van der Waals surface area contributed by atoms with E-state index in [4.69, 9.17) is 0 Å². The second-order valence-corrected chi connectivity index (χ2v) is 5.68. The summed E-state index contributed by atoms with van der Waals surface area (Å²) in [4.78, 5) is 2.59. The normalized spacial score (nSPS) is 20.7. The minimum absolute atomic E-state index is 0.708. The summed E-state index contributed by atoms with van der Waals surface area (Å²) >= 11 is 0. The zero-order chi connectivity index (χ0) is 12.8. The van der Waals surface area contributed by atoms with Crippen LogP contribution in [0, 0.1) is 5.92 Å². The van der Waals surface area contributed by atoms with Crippen LogP contribution >= 0.6 is 0 Å². The molecule has 0 radical (unpaired) electrons. The van der Waals surface area contributed by atoms with Gasteiger partial charge in [0.2, 0.25) is 0 Å². The van der Waals surface area contributed by atoms with Crippen molar-refractivity contribution in [1.82, 2.24) is 10.2 Å². The summed E-state index contributed by atoms with van der Waals surface area (Å²) in [5.74, 6) is 0.850. The lowest BCUT2D eigenvalue weighted by Crippen LogP contribution is -2.31. The number of rotatable bonds is 6. The Morgan fingerprint density at radius 1 is 1.28 bits per heavy atom. The van der Waals surface area contributed by atoms with Crippen LogP contribution in [0.25, 0.3) is 0 Å². The van der Waals surface area contributed by atoms with Gasteiger partial charge in [0.05, 0.1) is 0 Å². The monoisotopic (exact) mass is 246 g/mol. The van der Waals surface area contributed by atoms with E-state index in [1.165, 1.54) is 31.6 Å². The minimum Gasteiger partial charge on any atom is -0.316 e. The zero-order valence-electron chi connectivity index (χ0n) is 11.7. The summed E-state index contributed by atoms with van der Waals surface area (Å²) in [6.45, 7) is 9.42. The van der Waals surface area contributed by atoms with E-state index in [9.17, 15) is 0 Å². The fourth-order valence-electron chi connectivity index (χ4n) is 2.68. The molecule has 2 heteroatoms. The molecule has 0 saturated carbocycles. The average Bonchev–Trinajstić information content (AvgIpc) is 2.85. The molecule has 1 saturated heterocycles. The molecular formula is C16H26N2. The summed E-state index contributed by atoms with van der Waals surface area (Å²) < 4.78 is 0. The minimum atomic E-state index is 0.708.